The summed E-state index contributed by atoms with van der Waals surface area (Å²) in [5.74, 6) is 0.182. The summed E-state index contributed by atoms with van der Waals surface area (Å²) in [4.78, 5) is 15.1. The Morgan fingerprint density at radius 2 is 2.20 bits per heavy atom. The molecule has 0 radical (unpaired) electrons. The molecule has 1 aliphatic heterocycles. The van der Waals surface area contributed by atoms with Gasteiger partial charge in [-0.15, -0.1) is 0 Å². The van der Waals surface area contributed by atoms with Gasteiger partial charge in [0, 0.05) is 26.3 Å². The van der Waals surface area contributed by atoms with E-state index in [0.29, 0.717) is 22.0 Å². The predicted molar refractivity (Wildman–Crippen MR) is 100 cm³/mol. The molecule has 3 N–H and O–H groups in total. The summed E-state index contributed by atoms with van der Waals surface area (Å²) >= 11 is 6.06. The fourth-order valence-corrected chi connectivity index (χ4v) is 3.29. The number of nitrogens with zero attached hydrogens (tertiary/aromatic N) is 1. The Bertz CT molecular complexity index is 597. The van der Waals surface area contributed by atoms with Crippen LogP contribution in [-0.4, -0.2) is 56.8 Å². The van der Waals surface area contributed by atoms with Crippen molar-refractivity contribution in [1.29, 1.82) is 0 Å². The second-order valence-corrected chi connectivity index (χ2v) is 6.78. The number of nitrogens with two attached hydrogens (primary N) is 1. The zero-order chi connectivity index (χ0) is 18.4. The third-order valence-electron chi connectivity index (χ3n) is 4.65. The number of methoxy groups -OCH3 is 2. The van der Waals surface area contributed by atoms with Crippen LogP contribution < -0.4 is 15.8 Å². The van der Waals surface area contributed by atoms with Gasteiger partial charge < -0.3 is 25.4 Å². The molecule has 1 aromatic rings. The second-order valence-electron chi connectivity index (χ2n) is 6.37. The molecule has 0 saturated carbocycles. The lowest BCUT2D eigenvalue weighted by atomic mass is 10.0. The number of anilines is 1. The molecule has 6 nitrogen and oxygen atoms in total. The first kappa shape index (κ1) is 19.8. The standard InChI is InChI=1S/C18H28ClN3O3/c1-4-5-7-22-8-6-15(17(11-22)25-3)21-18(23)12-9-13(19)14(20)10-16(12)24-2/h9-10,15,17H,4-8,11,20H2,1-3H3,(H,21,23). The summed E-state index contributed by atoms with van der Waals surface area (Å²) in [5, 5.41) is 3.40. The number of likely N-dealkylation sites (tertiary alicyclic amines) is 1. The Balaban J connectivity index is 2.06. The summed E-state index contributed by atoms with van der Waals surface area (Å²) < 4.78 is 10.9. The quantitative estimate of drug-likeness (QED) is 0.722. The van der Waals surface area contributed by atoms with Crippen LogP contribution in [0.2, 0.25) is 5.02 Å². The Labute approximate surface area is 154 Å². The van der Waals surface area contributed by atoms with Crippen LogP contribution in [0.25, 0.3) is 0 Å². The van der Waals surface area contributed by atoms with E-state index in [4.69, 9.17) is 26.8 Å². The van der Waals surface area contributed by atoms with Crippen molar-refractivity contribution < 1.29 is 14.3 Å². The number of hydrogen-bond acceptors (Lipinski definition) is 5. The number of benzene rings is 1. The van der Waals surface area contributed by atoms with Crippen LogP contribution in [0.5, 0.6) is 5.75 Å². The molecule has 2 atom stereocenters. The maximum Gasteiger partial charge on any atom is 0.255 e. The molecule has 140 valence electrons. The summed E-state index contributed by atoms with van der Waals surface area (Å²) in [6, 6.07) is 3.07. The van der Waals surface area contributed by atoms with Crippen LogP contribution in [0, 0.1) is 0 Å². The van der Waals surface area contributed by atoms with Gasteiger partial charge in [0.25, 0.3) is 5.91 Å². The number of unbranched alkanes of at least 4 members (excludes halogenated alkanes) is 1. The third-order valence-corrected chi connectivity index (χ3v) is 4.98. The fraction of sp³-hybridized carbons (Fsp3) is 0.611. The predicted octanol–water partition coefficient (Wildman–Crippen LogP) is 2.55. The van der Waals surface area contributed by atoms with Crippen molar-refractivity contribution in [3.05, 3.63) is 22.7 Å². The number of carbonyl (C=O) groups excluding carboxylic acids is 1. The Morgan fingerprint density at radius 1 is 1.44 bits per heavy atom. The van der Waals surface area contributed by atoms with Gasteiger partial charge >= 0.3 is 0 Å². The highest BCUT2D eigenvalue weighted by atomic mass is 35.5. The highest BCUT2D eigenvalue weighted by Crippen LogP contribution is 2.29. The molecule has 1 amide bonds. The van der Waals surface area contributed by atoms with Crippen LogP contribution in [0.15, 0.2) is 12.1 Å². The van der Waals surface area contributed by atoms with E-state index >= 15 is 0 Å². The van der Waals surface area contributed by atoms with Crippen molar-refractivity contribution in [1.82, 2.24) is 10.2 Å². The first-order chi connectivity index (χ1) is 12.0. The van der Waals surface area contributed by atoms with E-state index in [0.717, 1.165) is 26.1 Å². The summed E-state index contributed by atoms with van der Waals surface area (Å²) in [5.41, 5.74) is 6.54. The Morgan fingerprint density at radius 3 is 2.84 bits per heavy atom. The van der Waals surface area contributed by atoms with Crippen molar-refractivity contribution in [2.24, 2.45) is 0 Å². The van der Waals surface area contributed by atoms with Crippen molar-refractivity contribution >= 4 is 23.2 Å². The van der Waals surface area contributed by atoms with Gasteiger partial charge in [0.15, 0.2) is 0 Å². The molecule has 1 heterocycles. The van der Waals surface area contributed by atoms with E-state index in [1.54, 1.807) is 19.2 Å². The molecule has 0 spiro atoms. The van der Waals surface area contributed by atoms with Crippen molar-refractivity contribution in [2.45, 2.75) is 38.3 Å². The third kappa shape index (κ3) is 5.00. The number of ether oxygens (including phenoxy) is 2. The molecule has 1 aliphatic rings. The van der Waals surface area contributed by atoms with Gasteiger partial charge in [0.1, 0.15) is 5.75 Å². The van der Waals surface area contributed by atoms with Crippen LogP contribution in [0.4, 0.5) is 5.69 Å². The summed E-state index contributed by atoms with van der Waals surface area (Å²) in [7, 11) is 3.19. The van der Waals surface area contributed by atoms with E-state index < -0.39 is 0 Å². The minimum atomic E-state index is -0.229. The first-order valence-electron chi connectivity index (χ1n) is 8.69. The molecule has 0 aliphatic carbocycles. The monoisotopic (exact) mass is 369 g/mol. The van der Waals surface area contributed by atoms with Gasteiger partial charge in [-0.25, -0.2) is 0 Å². The normalized spacial score (nSPS) is 21.1. The Kier molecular flexibility index (Phi) is 7.35. The van der Waals surface area contributed by atoms with Crippen LogP contribution >= 0.6 is 11.6 Å². The van der Waals surface area contributed by atoms with Crippen LogP contribution in [0.1, 0.15) is 36.5 Å². The van der Waals surface area contributed by atoms with E-state index in [1.807, 2.05) is 0 Å². The van der Waals surface area contributed by atoms with Gasteiger partial charge in [0.05, 0.1) is 35.5 Å². The summed E-state index contributed by atoms with van der Waals surface area (Å²) in [6.45, 7) is 5.02. The average molecular weight is 370 g/mol. The lowest BCUT2D eigenvalue weighted by molar-refractivity contribution is 0.00609. The number of hydrogen-bond donors (Lipinski definition) is 2. The minimum Gasteiger partial charge on any atom is -0.496 e. The molecule has 2 unspecified atom stereocenters. The largest absolute Gasteiger partial charge is 0.496 e. The number of nitrogen functional groups attached to an aromatic ring is 1. The van der Waals surface area contributed by atoms with E-state index in [1.165, 1.54) is 20.0 Å². The van der Waals surface area contributed by atoms with Crippen molar-refractivity contribution in [2.75, 3.05) is 39.6 Å². The van der Waals surface area contributed by atoms with Crippen LogP contribution in [-0.2, 0) is 4.74 Å². The molecule has 1 fully saturated rings. The molecule has 7 heteroatoms. The molecule has 1 aromatic carbocycles. The van der Waals surface area contributed by atoms with Gasteiger partial charge in [0.2, 0.25) is 0 Å². The van der Waals surface area contributed by atoms with Gasteiger partial charge in [-0.05, 0) is 25.5 Å². The van der Waals surface area contributed by atoms with E-state index in [-0.39, 0.29) is 18.1 Å². The lowest BCUT2D eigenvalue weighted by Gasteiger charge is -2.38. The van der Waals surface area contributed by atoms with Gasteiger partial charge in [-0.3, -0.25) is 4.79 Å². The lowest BCUT2D eigenvalue weighted by Crippen LogP contribution is -2.54. The molecular formula is C18H28ClN3O3. The SMILES string of the molecule is CCCCN1CCC(NC(=O)c2cc(Cl)c(N)cc2OC)C(OC)C1. The second kappa shape index (κ2) is 9.27. The Hall–Kier alpha value is -1.50. The number of rotatable bonds is 7. The van der Waals surface area contributed by atoms with Gasteiger partial charge in [-0.2, -0.15) is 0 Å². The molecule has 2 rings (SSSR count). The number of halogens is 1. The summed E-state index contributed by atoms with van der Waals surface area (Å²) in [6.07, 6.45) is 3.16. The number of nitrogens with one attached hydrogen (secondary N) is 1. The number of piperidine rings is 1. The van der Waals surface area contributed by atoms with E-state index in [9.17, 15) is 4.79 Å². The van der Waals surface area contributed by atoms with Crippen molar-refractivity contribution in [3.63, 3.8) is 0 Å². The molecule has 25 heavy (non-hydrogen) atoms. The van der Waals surface area contributed by atoms with Crippen molar-refractivity contribution in [3.8, 4) is 5.75 Å². The minimum absolute atomic E-state index is 0.0372. The highest BCUT2D eigenvalue weighted by Gasteiger charge is 2.31. The molecule has 1 saturated heterocycles. The average Bonchev–Trinajstić information content (AvgIpc) is 2.62. The number of carbonyl (C=O) groups is 1. The molecular weight excluding hydrogens is 342 g/mol. The zero-order valence-electron chi connectivity index (χ0n) is 15.2. The van der Waals surface area contributed by atoms with Crippen LogP contribution in [0.3, 0.4) is 0 Å². The van der Waals surface area contributed by atoms with E-state index in [2.05, 4.69) is 17.1 Å². The first-order valence-corrected chi connectivity index (χ1v) is 9.07. The maximum atomic E-state index is 12.7. The smallest absolute Gasteiger partial charge is 0.255 e. The molecule has 0 aromatic heterocycles. The maximum absolute atomic E-state index is 12.7. The number of amides is 1. The van der Waals surface area contributed by atoms with Gasteiger partial charge in [-0.1, -0.05) is 24.9 Å². The fourth-order valence-electron chi connectivity index (χ4n) is 3.13. The zero-order valence-corrected chi connectivity index (χ0v) is 15.9. The topological polar surface area (TPSA) is 76.8 Å². The highest BCUT2D eigenvalue weighted by molar-refractivity contribution is 6.33. The molecule has 0 bridgehead atoms.